The van der Waals surface area contributed by atoms with Crippen LogP contribution in [0, 0.1) is 13.8 Å². The number of aliphatic hydroxyl groups excluding tert-OH is 1. The van der Waals surface area contributed by atoms with Crippen molar-refractivity contribution < 1.29 is 5.11 Å². The van der Waals surface area contributed by atoms with Gasteiger partial charge in [0.1, 0.15) is 0 Å². The van der Waals surface area contributed by atoms with Crippen molar-refractivity contribution in [3.63, 3.8) is 0 Å². The monoisotopic (exact) mass is 192 g/mol. The minimum absolute atomic E-state index is 0.279. The lowest BCUT2D eigenvalue weighted by Gasteiger charge is -2.09. The first kappa shape index (κ1) is 9.46. The Labute approximate surface area is 84.1 Å². The van der Waals surface area contributed by atoms with Gasteiger partial charge in [-0.3, -0.25) is 4.68 Å². The van der Waals surface area contributed by atoms with E-state index in [1.165, 1.54) is 11.3 Å². The number of hydrogen-bond donors (Lipinski definition) is 1. The first-order valence-corrected chi connectivity index (χ1v) is 4.96. The third-order valence-corrected chi connectivity index (χ3v) is 3.00. The van der Waals surface area contributed by atoms with Crippen LogP contribution in [-0.4, -0.2) is 21.0 Å². The van der Waals surface area contributed by atoms with Crippen LogP contribution in [0.4, 0.5) is 0 Å². The highest BCUT2D eigenvalue weighted by Crippen LogP contribution is 2.32. The summed E-state index contributed by atoms with van der Waals surface area (Å²) in [6, 6.07) is 0. The highest BCUT2D eigenvalue weighted by Gasteiger charge is 2.23. The molecular formula is C11H16N2O. The first-order valence-electron chi connectivity index (χ1n) is 4.96. The molecule has 0 radical (unpaired) electrons. The van der Waals surface area contributed by atoms with Crippen molar-refractivity contribution in [3.8, 4) is 0 Å². The summed E-state index contributed by atoms with van der Waals surface area (Å²) in [5.74, 6) is 0.346. The Hall–Kier alpha value is -1.09. The average Bonchev–Trinajstić information content (AvgIpc) is 2.60. The second kappa shape index (κ2) is 3.24. The van der Waals surface area contributed by atoms with E-state index in [1.807, 2.05) is 24.7 Å². The van der Waals surface area contributed by atoms with Gasteiger partial charge in [-0.05, 0) is 20.3 Å². The van der Waals surface area contributed by atoms with Gasteiger partial charge in [-0.25, -0.2) is 0 Å². The molecular weight excluding hydrogens is 176 g/mol. The van der Waals surface area contributed by atoms with Crippen LogP contribution in [0.2, 0.25) is 0 Å². The number of rotatable bonds is 1. The summed E-state index contributed by atoms with van der Waals surface area (Å²) in [5, 5.41) is 13.8. The Bertz CT molecular complexity index is 379. The van der Waals surface area contributed by atoms with Crippen LogP contribution in [0.15, 0.2) is 12.2 Å². The molecule has 76 valence electrons. The van der Waals surface area contributed by atoms with Crippen LogP contribution in [0.5, 0.6) is 0 Å². The fraction of sp³-hybridized carbons (Fsp3) is 0.545. The highest BCUT2D eigenvalue weighted by atomic mass is 16.3. The lowest BCUT2D eigenvalue weighted by Crippen LogP contribution is -2.03. The fourth-order valence-corrected chi connectivity index (χ4v) is 2.22. The van der Waals surface area contributed by atoms with Gasteiger partial charge in [0.25, 0.3) is 0 Å². The summed E-state index contributed by atoms with van der Waals surface area (Å²) in [6.45, 7) is 4.11. The molecule has 2 unspecified atom stereocenters. The molecule has 0 bridgehead atoms. The molecule has 1 aromatic heterocycles. The van der Waals surface area contributed by atoms with Crippen molar-refractivity contribution in [2.24, 2.45) is 7.05 Å². The average molecular weight is 192 g/mol. The maximum atomic E-state index is 9.44. The number of aryl methyl sites for hydroxylation is 2. The van der Waals surface area contributed by atoms with Gasteiger partial charge in [0, 0.05) is 24.2 Å². The summed E-state index contributed by atoms with van der Waals surface area (Å²) >= 11 is 0. The van der Waals surface area contributed by atoms with Crippen LogP contribution in [-0.2, 0) is 7.05 Å². The zero-order valence-corrected chi connectivity index (χ0v) is 8.86. The summed E-state index contributed by atoms with van der Waals surface area (Å²) in [6.07, 6.45) is 4.48. The van der Waals surface area contributed by atoms with E-state index < -0.39 is 0 Å². The third-order valence-electron chi connectivity index (χ3n) is 3.00. The van der Waals surface area contributed by atoms with Crippen molar-refractivity contribution in [3.05, 3.63) is 29.1 Å². The molecule has 0 fully saturated rings. The van der Waals surface area contributed by atoms with Crippen molar-refractivity contribution in [2.45, 2.75) is 32.3 Å². The molecule has 0 spiro atoms. The molecule has 1 heterocycles. The van der Waals surface area contributed by atoms with Crippen LogP contribution in [0.3, 0.4) is 0 Å². The highest BCUT2D eigenvalue weighted by molar-refractivity contribution is 5.34. The zero-order valence-electron chi connectivity index (χ0n) is 8.86. The standard InChI is InChI=1S/C11H16N2O/c1-7-11(8(2)13(3)12-7)9-4-5-10(14)6-9/h4-5,9-10,14H,6H2,1-3H3. The van der Waals surface area contributed by atoms with Gasteiger partial charge in [-0.15, -0.1) is 0 Å². The number of aromatic nitrogens is 2. The van der Waals surface area contributed by atoms with Crippen molar-refractivity contribution >= 4 is 0 Å². The van der Waals surface area contributed by atoms with Crippen molar-refractivity contribution in [1.29, 1.82) is 0 Å². The molecule has 0 amide bonds. The Kier molecular flexibility index (Phi) is 2.19. The predicted octanol–water partition coefficient (Wildman–Crippen LogP) is 1.44. The maximum Gasteiger partial charge on any atom is 0.0730 e. The quantitative estimate of drug-likeness (QED) is 0.684. The lowest BCUT2D eigenvalue weighted by atomic mass is 9.96. The smallest absolute Gasteiger partial charge is 0.0730 e. The van der Waals surface area contributed by atoms with E-state index in [-0.39, 0.29) is 6.10 Å². The molecule has 1 aromatic rings. The Morgan fingerprint density at radius 2 is 2.14 bits per heavy atom. The van der Waals surface area contributed by atoms with E-state index in [0.717, 1.165) is 12.1 Å². The Balaban J connectivity index is 2.37. The number of allylic oxidation sites excluding steroid dienone is 1. The fourth-order valence-electron chi connectivity index (χ4n) is 2.22. The molecule has 0 saturated heterocycles. The second-order valence-electron chi connectivity index (χ2n) is 4.00. The van der Waals surface area contributed by atoms with Crippen LogP contribution in [0.1, 0.15) is 29.3 Å². The molecule has 2 atom stereocenters. The zero-order chi connectivity index (χ0) is 10.3. The second-order valence-corrected chi connectivity index (χ2v) is 4.00. The summed E-state index contributed by atoms with van der Waals surface area (Å²) in [5.41, 5.74) is 3.56. The van der Waals surface area contributed by atoms with E-state index >= 15 is 0 Å². The number of nitrogens with zero attached hydrogens (tertiary/aromatic N) is 2. The van der Waals surface area contributed by atoms with Gasteiger partial charge in [-0.2, -0.15) is 5.10 Å². The number of hydrogen-bond acceptors (Lipinski definition) is 2. The molecule has 0 saturated carbocycles. The third kappa shape index (κ3) is 1.38. The molecule has 0 aromatic carbocycles. The molecule has 3 nitrogen and oxygen atoms in total. The van der Waals surface area contributed by atoms with Gasteiger partial charge in [0.15, 0.2) is 0 Å². The SMILES string of the molecule is Cc1nn(C)c(C)c1C1C=CC(O)C1. The minimum Gasteiger partial charge on any atom is -0.389 e. The largest absolute Gasteiger partial charge is 0.389 e. The summed E-state index contributed by atoms with van der Waals surface area (Å²) in [4.78, 5) is 0. The van der Waals surface area contributed by atoms with Crippen LogP contribution < -0.4 is 0 Å². The Morgan fingerprint density at radius 1 is 1.43 bits per heavy atom. The van der Waals surface area contributed by atoms with E-state index in [1.54, 1.807) is 0 Å². The number of aliphatic hydroxyl groups is 1. The van der Waals surface area contributed by atoms with Gasteiger partial charge in [0.05, 0.1) is 11.8 Å². The van der Waals surface area contributed by atoms with E-state index in [4.69, 9.17) is 0 Å². The molecule has 1 aliphatic rings. The minimum atomic E-state index is -0.279. The van der Waals surface area contributed by atoms with Gasteiger partial charge < -0.3 is 5.11 Å². The Morgan fingerprint density at radius 3 is 2.57 bits per heavy atom. The molecule has 14 heavy (non-hydrogen) atoms. The van der Waals surface area contributed by atoms with Gasteiger partial charge >= 0.3 is 0 Å². The topological polar surface area (TPSA) is 38.0 Å². The maximum absolute atomic E-state index is 9.44. The van der Waals surface area contributed by atoms with Crippen molar-refractivity contribution in [2.75, 3.05) is 0 Å². The molecule has 2 rings (SSSR count). The van der Waals surface area contributed by atoms with Gasteiger partial charge in [-0.1, -0.05) is 12.2 Å². The molecule has 1 N–H and O–H groups in total. The normalized spacial score (nSPS) is 26.0. The van der Waals surface area contributed by atoms with E-state index in [0.29, 0.717) is 5.92 Å². The molecule has 0 aliphatic heterocycles. The van der Waals surface area contributed by atoms with Crippen LogP contribution in [0.25, 0.3) is 0 Å². The van der Waals surface area contributed by atoms with Crippen molar-refractivity contribution in [1.82, 2.24) is 9.78 Å². The predicted molar refractivity (Wildman–Crippen MR) is 55.2 cm³/mol. The lowest BCUT2D eigenvalue weighted by molar-refractivity contribution is 0.218. The summed E-state index contributed by atoms with van der Waals surface area (Å²) < 4.78 is 1.91. The first-order chi connectivity index (χ1) is 6.59. The van der Waals surface area contributed by atoms with Crippen LogP contribution >= 0.6 is 0 Å². The molecule has 1 aliphatic carbocycles. The van der Waals surface area contributed by atoms with E-state index in [2.05, 4.69) is 18.1 Å². The molecule has 3 heteroatoms. The summed E-state index contributed by atoms with van der Waals surface area (Å²) in [7, 11) is 1.96. The van der Waals surface area contributed by atoms with E-state index in [9.17, 15) is 5.11 Å². The van der Waals surface area contributed by atoms with Gasteiger partial charge in [0.2, 0.25) is 0 Å².